The van der Waals surface area contributed by atoms with Gasteiger partial charge in [0.2, 0.25) is 5.91 Å². The molecule has 1 amide bonds. The van der Waals surface area contributed by atoms with Crippen molar-refractivity contribution in [3.05, 3.63) is 11.9 Å². The Balaban J connectivity index is 1.96. The molecule has 2 rings (SSSR count). The summed E-state index contributed by atoms with van der Waals surface area (Å²) in [6.07, 6.45) is 2.28. The van der Waals surface area contributed by atoms with E-state index < -0.39 is 15.4 Å². The monoisotopic (exact) mass is 286 g/mol. The predicted molar refractivity (Wildman–Crippen MR) is 65.2 cm³/mol. The van der Waals surface area contributed by atoms with Gasteiger partial charge in [-0.25, -0.2) is 13.1 Å². The SMILES string of the molecule is CC1(NC(=O)Cn2cc(C=O)nn2)CCS(=O)(=O)C1. The van der Waals surface area contributed by atoms with Gasteiger partial charge in [0.25, 0.3) is 0 Å². The molecule has 0 saturated carbocycles. The molecule has 1 aliphatic heterocycles. The van der Waals surface area contributed by atoms with E-state index in [0.717, 1.165) is 0 Å². The van der Waals surface area contributed by atoms with Crippen molar-refractivity contribution in [2.75, 3.05) is 11.5 Å². The van der Waals surface area contributed by atoms with E-state index in [4.69, 9.17) is 0 Å². The molecule has 1 saturated heterocycles. The molecule has 1 aromatic heterocycles. The van der Waals surface area contributed by atoms with E-state index in [9.17, 15) is 18.0 Å². The van der Waals surface area contributed by atoms with Gasteiger partial charge in [-0.15, -0.1) is 5.10 Å². The van der Waals surface area contributed by atoms with Gasteiger partial charge in [-0.3, -0.25) is 9.59 Å². The molecule has 2 heterocycles. The first-order chi connectivity index (χ1) is 8.82. The van der Waals surface area contributed by atoms with Crippen LogP contribution in [-0.2, 0) is 21.2 Å². The second kappa shape index (κ2) is 4.72. The first-order valence-electron chi connectivity index (χ1n) is 5.69. The molecule has 1 fully saturated rings. The summed E-state index contributed by atoms with van der Waals surface area (Å²) in [7, 11) is -3.07. The maximum atomic E-state index is 11.8. The van der Waals surface area contributed by atoms with Crippen molar-refractivity contribution < 1.29 is 18.0 Å². The van der Waals surface area contributed by atoms with E-state index >= 15 is 0 Å². The zero-order chi connectivity index (χ0) is 14.1. The van der Waals surface area contributed by atoms with Crippen LogP contribution in [-0.4, -0.2) is 52.6 Å². The third-order valence-corrected chi connectivity index (χ3v) is 4.83. The van der Waals surface area contributed by atoms with Crippen molar-refractivity contribution in [2.24, 2.45) is 0 Å². The minimum Gasteiger partial charge on any atom is -0.348 e. The molecule has 1 aromatic rings. The lowest BCUT2D eigenvalue weighted by molar-refractivity contribution is -0.123. The van der Waals surface area contributed by atoms with Crippen LogP contribution in [0.15, 0.2) is 6.20 Å². The fraction of sp³-hybridized carbons (Fsp3) is 0.600. The molecule has 19 heavy (non-hydrogen) atoms. The first kappa shape index (κ1) is 13.7. The maximum Gasteiger partial charge on any atom is 0.242 e. The Morgan fingerprint density at radius 3 is 2.89 bits per heavy atom. The summed E-state index contributed by atoms with van der Waals surface area (Å²) in [4.78, 5) is 22.2. The van der Waals surface area contributed by atoms with Crippen molar-refractivity contribution in [3.63, 3.8) is 0 Å². The van der Waals surface area contributed by atoms with Gasteiger partial charge in [0, 0.05) is 0 Å². The van der Waals surface area contributed by atoms with Gasteiger partial charge in [-0.2, -0.15) is 0 Å². The van der Waals surface area contributed by atoms with Crippen LogP contribution in [0.25, 0.3) is 0 Å². The number of hydrogen-bond donors (Lipinski definition) is 1. The highest BCUT2D eigenvalue weighted by atomic mass is 32.2. The zero-order valence-corrected chi connectivity index (χ0v) is 11.2. The van der Waals surface area contributed by atoms with E-state index in [1.54, 1.807) is 6.92 Å². The van der Waals surface area contributed by atoms with Crippen LogP contribution in [0.1, 0.15) is 23.8 Å². The van der Waals surface area contributed by atoms with Crippen molar-refractivity contribution in [2.45, 2.75) is 25.4 Å². The van der Waals surface area contributed by atoms with E-state index in [2.05, 4.69) is 15.6 Å². The summed E-state index contributed by atoms with van der Waals surface area (Å²) in [6.45, 7) is 1.60. The average molecular weight is 286 g/mol. The van der Waals surface area contributed by atoms with Crippen molar-refractivity contribution in [1.82, 2.24) is 20.3 Å². The van der Waals surface area contributed by atoms with Gasteiger partial charge in [-0.1, -0.05) is 5.21 Å². The van der Waals surface area contributed by atoms with Gasteiger partial charge in [0.15, 0.2) is 16.1 Å². The normalized spacial score (nSPS) is 25.1. The van der Waals surface area contributed by atoms with Crippen LogP contribution in [0.4, 0.5) is 0 Å². The van der Waals surface area contributed by atoms with E-state index in [0.29, 0.717) is 12.7 Å². The second-order valence-corrected chi connectivity index (χ2v) is 7.09. The van der Waals surface area contributed by atoms with Crippen molar-refractivity contribution in [1.29, 1.82) is 0 Å². The Kier molecular flexibility index (Phi) is 3.40. The number of sulfone groups is 1. The molecule has 9 heteroatoms. The van der Waals surface area contributed by atoms with Gasteiger partial charge < -0.3 is 5.32 Å². The average Bonchev–Trinajstić information content (AvgIpc) is 2.83. The molecule has 8 nitrogen and oxygen atoms in total. The van der Waals surface area contributed by atoms with Crippen LogP contribution >= 0.6 is 0 Å². The molecule has 104 valence electrons. The van der Waals surface area contributed by atoms with Gasteiger partial charge in [0.1, 0.15) is 12.2 Å². The number of nitrogens with one attached hydrogen (secondary N) is 1. The predicted octanol–water partition coefficient (Wildman–Crippen LogP) is -1.22. The number of nitrogens with zero attached hydrogens (tertiary/aromatic N) is 3. The second-order valence-electron chi connectivity index (χ2n) is 4.91. The number of aromatic nitrogens is 3. The molecular weight excluding hydrogens is 272 g/mol. The summed E-state index contributed by atoms with van der Waals surface area (Å²) in [6, 6.07) is 0. The Labute approximate surface area is 110 Å². The first-order valence-corrected chi connectivity index (χ1v) is 7.51. The summed E-state index contributed by atoms with van der Waals surface area (Å²) < 4.78 is 24.0. The largest absolute Gasteiger partial charge is 0.348 e. The molecular formula is C10H14N4O4S. The fourth-order valence-corrected chi connectivity index (χ4v) is 4.17. The maximum absolute atomic E-state index is 11.8. The molecule has 1 aliphatic rings. The zero-order valence-electron chi connectivity index (χ0n) is 10.4. The smallest absolute Gasteiger partial charge is 0.242 e. The van der Waals surface area contributed by atoms with Crippen molar-refractivity contribution >= 4 is 22.0 Å². The topological polar surface area (TPSA) is 111 Å². The van der Waals surface area contributed by atoms with Gasteiger partial charge in [-0.05, 0) is 13.3 Å². The lowest BCUT2D eigenvalue weighted by atomic mass is 10.0. The molecule has 0 spiro atoms. The van der Waals surface area contributed by atoms with Crippen LogP contribution < -0.4 is 5.32 Å². The quantitative estimate of drug-likeness (QED) is 0.695. The standard InChI is InChI=1S/C10H14N4O4S/c1-10(2-3-19(17,18)7-10)11-9(16)5-14-4-8(6-15)12-13-14/h4,6H,2-3,5,7H2,1H3,(H,11,16). The fourth-order valence-electron chi connectivity index (χ4n) is 2.08. The van der Waals surface area contributed by atoms with Crippen LogP contribution in [0.5, 0.6) is 0 Å². The lowest BCUT2D eigenvalue weighted by Gasteiger charge is -2.23. The highest BCUT2D eigenvalue weighted by molar-refractivity contribution is 7.91. The summed E-state index contributed by atoms with van der Waals surface area (Å²) >= 11 is 0. The number of hydrogen-bond acceptors (Lipinski definition) is 6. The van der Waals surface area contributed by atoms with Gasteiger partial charge in [0.05, 0.1) is 23.2 Å². The molecule has 0 radical (unpaired) electrons. The van der Waals surface area contributed by atoms with Crippen LogP contribution in [0.3, 0.4) is 0 Å². The van der Waals surface area contributed by atoms with Crippen molar-refractivity contribution in [3.8, 4) is 0 Å². The third-order valence-electron chi connectivity index (χ3n) is 2.93. The Hall–Kier alpha value is -1.77. The van der Waals surface area contributed by atoms with E-state index in [1.165, 1.54) is 10.9 Å². The number of rotatable bonds is 4. The lowest BCUT2D eigenvalue weighted by Crippen LogP contribution is -2.48. The molecule has 0 bridgehead atoms. The number of carbonyl (C=O) groups excluding carboxylic acids is 2. The van der Waals surface area contributed by atoms with Crippen LogP contribution in [0, 0.1) is 0 Å². The summed E-state index contributed by atoms with van der Waals surface area (Å²) in [5, 5.41) is 9.83. The highest BCUT2D eigenvalue weighted by Crippen LogP contribution is 2.22. The Bertz CT molecular complexity index is 609. The third kappa shape index (κ3) is 3.37. The van der Waals surface area contributed by atoms with E-state index in [1.807, 2.05) is 0 Å². The Morgan fingerprint density at radius 2 is 2.37 bits per heavy atom. The molecule has 1 atom stereocenters. The van der Waals surface area contributed by atoms with Crippen LogP contribution in [0.2, 0.25) is 0 Å². The summed E-state index contributed by atoms with van der Waals surface area (Å²) in [5.41, 5.74) is -0.591. The molecule has 0 aromatic carbocycles. The Morgan fingerprint density at radius 1 is 1.63 bits per heavy atom. The molecule has 1 unspecified atom stereocenters. The summed E-state index contributed by atoms with van der Waals surface area (Å²) in [5.74, 6) is -0.326. The molecule has 0 aliphatic carbocycles. The minimum absolute atomic E-state index is 0.0529. The molecule has 1 N–H and O–H groups in total. The van der Waals surface area contributed by atoms with E-state index in [-0.39, 0.29) is 29.7 Å². The number of carbonyl (C=O) groups is 2. The number of amides is 1. The highest BCUT2D eigenvalue weighted by Gasteiger charge is 2.39. The minimum atomic E-state index is -3.07. The number of aldehydes is 1. The van der Waals surface area contributed by atoms with Gasteiger partial charge >= 0.3 is 0 Å².